The maximum atomic E-state index is 12.7. The van der Waals surface area contributed by atoms with E-state index in [1.165, 1.54) is 44.7 Å². The van der Waals surface area contributed by atoms with Crippen LogP contribution in [-0.4, -0.2) is 44.1 Å². The second kappa shape index (κ2) is 13.9. The molecule has 4 rings (SSSR count). The maximum Gasteiger partial charge on any atom is 0.343 e. The van der Waals surface area contributed by atoms with E-state index in [4.69, 9.17) is 14.2 Å². The molecule has 3 N–H and O–H groups in total. The van der Waals surface area contributed by atoms with Gasteiger partial charge in [-0.3, -0.25) is 14.4 Å². The van der Waals surface area contributed by atoms with Crippen LogP contribution >= 0.6 is 0 Å². The van der Waals surface area contributed by atoms with Crippen molar-refractivity contribution in [2.75, 3.05) is 24.9 Å². The van der Waals surface area contributed by atoms with Gasteiger partial charge in [-0.25, -0.2) is 10.2 Å². The van der Waals surface area contributed by atoms with E-state index in [2.05, 4.69) is 21.2 Å². The average Bonchev–Trinajstić information content (AvgIpc) is 3.02. The summed E-state index contributed by atoms with van der Waals surface area (Å²) in [6, 6.07) is 26.2. The zero-order valence-electron chi connectivity index (χ0n) is 22.6. The minimum Gasteiger partial charge on any atom is -0.497 e. The van der Waals surface area contributed by atoms with Gasteiger partial charge in [0.15, 0.2) is 11.5 Å². The van der Waals surface area contributed by atoms with Crippen LogP contribution in [0.15, 0.2) is 102 Å². The van der Waals surface area contributed by atoms with E-state index in [0.29, 0.717) is 22.6 Å². The molecule has 3 amide bonds. The number of hydrazone groups is 1. The number of nitrogens with zero attached hydrogens (tertiary/aromatic N) is 1. The van der Waals surface area contributed by atoms with Gasteiger partial charge in [-0.2, -0.15) is 5.10 Å². The summed E-state index contributed by atoms with van der Waals surface area (Å²) in [6.45, 7) is 0. The normalized spacial score (nSPS) is 10.4. The summed E-state index contributed by atoms with van der Waals surface area (Å²) in [5, 5.41) is 8.97. The fraction of sp³-hybridized carbons (Fsp3) is 0.0645. The number of nitrogens with one attached hydrogen (secondary N) is 3. The van der Waals surface area contributed by atoms with Gasteiger partial charge in [-0.15, -0.1) is 0 Å². The zero-order valence-corrected chi connectivity index (χ0v) is 22.6. The number of para-hydroxylation sites is 2. The number of anilines is 2. The summed E-state index contributed by atoms with van der Waals surface area (Å²) < 4.78 is 15.8. The van der Waals surface area contributed by atoms with Crippen LogP contribution in [0.5, 0.6) is 17.2 Å². The number of amides is 3. The van der Waals surface area contributed by atoms with Crippen LogP contribution in [0.4, 0.5) is 11.4 Å². The van der Waals surface area contributed by atoms with Gasteiger partial charge in [0, 0.05) is 5.69 Å². The van der Waals surface area contributed by atoms with Crippen molar-refractivity contribution in [3.8, 4) is 17.2 Å². The van der Waals surface area contributed by atoms with Gasteiger partial charge in [0.2, 0.25) is 0 Å². The molecule has 0 radical (unpaired) electrons. The zero-order chi connectivity index (χ0) is 29.9. The van der Waals surface area contributed by atoms with E-state index >= 15 is 0 Å². The highest BCUT2D eigenvalue weighted by molar-refractivity contribution is 6.40. The van der Waals surface area contributed by atoms with Gasteiger partial charge in [0.1, 0.15) is 5.75 Å². The van der Waals surface area contributed by atoms with Crippen molar-refractivity contribution in [2.24, 2.45) is 5.10 Å². The molecule has 11 heteroatoms. The highest BCUT2D eigenvalue weighted by Crippen LogP contribution is 2.28. The molecule has 42 heavy (non-hydrogen) atoms. The summed E-state index contributed by atoms with van der Waals surface area (Å²) >= 11 is 0. The average molecular weight is 567 g/mol. The van der Waals surface area contributed by atoms with Gasteiger partial charge < -0.3 is 24.8 Å². The molecule has 0 heterocycles. The van der Waals surface area contributed by atoms with Crippen LogP contribution in [-0.2, 0) is 9.59 Å². The Morgan fingerprint density at radius 2 is 1.43 bits per heavy atom. The van der Waals surface area contributed by atoms with Crippen molar-refractivity contribution in [1.29, 1.82) is 0 Å². The molecule has 0 aliphatic carbocycles. The molecule has 0 unspecified atom stereocenters. The number of rotatable bonds is 9. The van der Waals surface area contributed by atoms with E-state index in [9.17, 15) is 19.2 Å². The first-order chi connectivity index (χ1) is 20.4. The topological polar surface area (TPSA) is 144 Å². The van der Waals surface area contributed by atoms with E-state index in [1.54, 1.807) is 66.7 Å². The largest absolute Gasteiger partial charge is 0.497 e. The molecule has 0 saturated carbocycles. The molecule has 0 saturated heterocycles. The minimum absolute atomic E-state index is 0.152. The summed E-state index contributed by atoms with van der Waals surface area (Å²) in [5.74, 6) is -2.10. The molecule has 0 atom stereocenters. The lowest BCUT2D eigenvalue weighted by Gasteiger charge is -2.11. The lowest BCUT2D eigenvalue weighted by molar-refractivity contribution is -0.136. The van der Waals surface area contributed by atoms with Crippen molar-refractivity contribution in [1.82, 2.24) is 5.43 Å². The molecule has 4 aromatic carbocycles. The minimum atomic E-state index is -1.05. The summed E-state index contributed by atoms with van der Waals surface area (Å²) in [7, 11) is 2.93. The first-order valence-corrected chi connectivity index (χ1v) is 12.5. The Hall–Kier alpha value is -5.97. The van der Waals surface area contributed by atoms with Crippen molar-refractivity contribution in [2.45, 2.75) is 0 Å². The highest BCUT2D eigenvalue weighted by atomic mass is 16.6. The third-order valence-corrected chi connectivity index (χ3v) is 5.75. The van der Waals surface area contributed by atoms with E-state index in [1.807, 2.05) is 6.07 Å². The number of esters is 1. The Balaban J connectivity index is 1.35. The third-order valence-electron chi connectivity index (χ3n) is 5.75. The second-order valence-electron chi connectivity index (χ2n) is 8.55. The van der Waals surface area contributed by atoms with Gasteiger partial charge in [0.05, 0.1) is 37.2 Å². The number of methoxy groups -OCH3 is 2. The Bertz CT molecular complexity index is 1620. The molecular formula is C31H26N4O7. The fourth-order valence-corrected chi connectivity index (χ4v) is 3.64. The van der Waals surface area contributed by atoms with Gasteiger partial charge >= 0.3 is 17.8 Å². The Morgan fingerprint density at radius 1 is 0.714 bits per heavy atom. The van der Waals surface area contributed by atoms with Gasteiger partial charge in [-0.05, 0) is 72.3 Å². The Labute approximate surface area is 241 Å². The van der Waals surface area contributed by atoms with Crippen LogP contribution < -0.4 is 30.3 Å². The van der Waals surface area contributed by atoms with Crippen LogP contribution in [0.25, 0.3) is 0 Å². The number of carbonyl (C=O) groups is 4. The number of hydrogen-bond donors (Lipinski definition) is 3. The first-order valence-electron chi connectivity index (χ1n) is 12.5. The van der Waals surface area contributed by atoms with Crippen molar-refractivity contribution < 1.29 is 33.4 Å². The van der Waals surface area contributed by atoms with Crippen molar-refractivity contribution in [3.63, 3.8) is 0 Å². The molecule has 0 bridgehead atoms. The van der Waals surface area contributed by atoms with Crippen LogP contribution in [0, 0.1) is 0 Å². The second-order valence-corrected chi connectivity index (χ2v) is 8.55. The standard InChI is InChI=1S/C31H26N4O7/c1-40-23-15-13-21(14-16-23)31(39)42-26-17-12-20(18-27(26)41-2)19-32-35-30(38)29(37)34-25-11-7-6-10-24(25)28(36)33-22-8-4-3-5-9-22/h3-19H,1-2H3,(H,33,36)(H,34,37)(H,35,38). The molecule has 0 fully saturated rings. The number of carbonyl (C=O) groups excluding carboxylic acids is 4. The molecule has 0 aliphatic rings. The lowest BCUT2D eigenvalue weighted by atomic mass is 10.1. The lowest BCUT2D eigenvalue weighted by Crippen LogP contribution is -2.33. The quantitative estimate of drug-likeness (QED) is 0.0903. The number of ether oxygens (including phenoxy) is 3. The van der Waals surface area contributed by atoms with Crippen molar-refractivity contribution >= 4 is 41.3 Å². The van der Waals surface area contributed by atoms with Crippen LogP contribution in [0.1, 0.15) is 26.3 Å². The predicted molar refractivity (Wildman–Crippen MR) is 156 cm³/mol. The van der Waals surface area contributed by atoms with Gasteiger partial charge in [-0.1, -0.05) is 30.3 Å². The van der Waals surface area contributed by atoms with E-state index in [0.717, 1.165) is 0 Å². The van der Waals surface area contributed by atoms with E-state index in [-0.39, 0.29) is 22.7 Å². The molecule has 11 nitrogen and oxygen atoms in total. The monoisotopic (exact) mass is 566 g/mol. The SMILES string of the molecule is COc1ccc(C(=O)Oc2ccc(C=NNC(=O)C(=O)Nc3ccccc3C(=O)Nc3ccccc3)cc2OC)cc1. The summed E-state index contributed by atoms with van der Waals surface area (Å²) in [6.07, 6.45) is 1.28. The molecular weight excluding hydrogens is 540 g/mol. The first kappa shape index (κ1) is 29.0. The van der Waals surface area contributed by atoms with Crippen molar-refractivity contribution in [3.05, 3.63) is 114 Å². The molecule has 4 aromatic rings. The van der Waals surface area contributed by atoms with E-state index < -0.39 is 23.7 Å². The predicted octanol–water partition coefficient (Wildman–Crippen LogP) is 4.26. The third kappa shape index (κ3) is 7.57. The molecule has 0 spiro atoms. The Kier molecular flexibility index (Phi) is 9.60. The highest BCUT2D eigenvalue weighted by Gasteiger charge is 2.18. The Morgan fingerprint density at radius 3 is 2.14 bits per heavy atom. The number of hydrogen-bond acceptors (Lipinski definition) is 8. The number of benzene rings is 4. The van der Waals surface area contributed by atoms with Gasteiger partial charge in [0.25, 0.3) is 5.91 Å². The smallest absolute Gasteiger partial charge is 0.343 e. The van der Waals surface area contributed by atoms with Crippen LogP contribution in [0.2, 0.25) is 0 Å². The maximum absolute atomic E-state index is 12.7. The fourth-order valence-electron chi connectivity index (χ4n) is 3.64. The molecule has 212 valence electrons. The molecule has 0 aliphatic heterocycles. The summed E-state index contributed by atoms with van der Waals surface area (Å²) in [4.78, 5) is 50.1. The summed E-state index contributed by atoms with van der Waals surface area (Å²) in [5.41, 5.74) is 3.85. The molecule has 0 aromatic heterocycles. The van der Waals surface area contributed by atoms with Crippen LogP contribution in [0.3, 0.4) is 0 Å².